The minimum absolute atomic E-state index is 0.183. The van der Waals surface area contributed by atoms with Gasteiger partial charge in [-0.2, -0.15) is 0 Å². The first-order valence-corrected chi connectivity index (χ1v) is 7.31. The Morgan fingerprint density at radius 2 is 2.10 bits per heavy atom. The molecule has 0 fully saturated rings. The highest BCUT2D eigenvalue weighted by Gasteiger charge is 2.12. The number of benzene rings is 1. The molecule has 0 bridgehead atoms. The van der Waals surface area contributed by atoms with Gasteiger partial charge in [0.15, 0.2) is 0 Å². The molecule has 21 heavy (non-hydrogen) atoms. The molecule has 0 saturated heterocycles. The molecule has 0 atom stereocenters. The highest BCUT2D eigenvalue weighted by atomic mass is 35.5. The number of para-hydroxylation sites is 1. The summed E-state index contributed by atoms with van der Waals surface area (Å²) in [5, 5.41) is 10.4. The van der Waals surface area contributed by atoms with Gasteiger partial charge in [0, 0.05) is 18.4 Å². The monoisotopic (exact) mass is 306 g/mol. The Morgan fingerprint density at radius 1 is 1.38 bits per heavy atom. The number of rotatable bonds is 6. The number of hydrogen-bond donors (Lipinski definition) is 1. The van der Waals surface area contributed by atoms with Crippen LogP contribution in [0.4, 0.5) is 0 Å². The van der Waals surface area contributed by atoms with Crippen LogP contribution in [0.15, 0.2) is 24.3 Å². The Labute approximate surface area is 129 Å². The molecule has 112 valence electrons. The van der Waals surface area contributed by atoms with Gasteiger partial charge in [0.1, 0.15) is 0 Å². The fourth-order valence-electron chi connectivity index (χ4n) is 2.36. The number of halogens is 1. The SMILES string of the molecule is Cc1c(Cl)c(CN(C)CCCC(=O)O)nc2ccccc12. The lowest BCUT2D eigenvalue weighted by Crippen LogP contribution is -2.21. The normalized spacial score (nSPS) is 11.2. The molecule has 0 aliphatic heterocycles. The van der Waals surface area contributed by atoms with E-state index in [1.54, 1.807) is 0 Å². The number of carbonyl (C=O) groups is 1. The van der Waals surface area contributed by atoms with Crippen LogP contribution in [0.1, 0.15) is 24.1 Å². The first-order chi connectivity index (χ1) is 9.99. The molecule has 0 aliphatic carbocycles. The average Bonchev–Trinajstić information content (AvgIpc) is 2.44. The molecule has 4 nitrogen and oxygen atoms in total. The predicted molar refractivity (Wildman–Crippen MR) is 84.7 cm³/mol. The lowest BCUT2D eigenvalue weighted by atomic mass is 10.1. The zero-order valence-corrected chi connectivity index (χ0v) is 13.0. The number of carboxylic acids is 1. The van der Waals surface area contributed by atoms with Gasteiger partial charge in [0.05, 0.1) is 16.2 Å². The van der Waals surface area contributed by atoms with E-state index in [1.807, 2.05) is 43.1 Å². The molecule has 0 amide bonds. The van der Waals surface area contributed by atoms with Crippen molar-refractivity contribution >= 4 is 28.5 Å². The molecule has 1 N–H and O–H groups in total. The molecule has 0 radical (unpaired) electrons. The number of aliphatic carboxylic acids is 1. The predicted octanol–water partition coefficient (Wildman–Crippen LogP) is 3.49. The minimum Gasteiger partial charge on any atom is -0.481 e. The van der Waals surface area contributed by atoms with Crippen LogP contribution in [-0.2, 0) is 11.3 Å². The third-order valence-corrected chi connectivity index (χ3v) is 4.00. The van der Waals surface area contributed by atoms with Crippen LogP contribution >= 0.6 is 11.6 Å². The minimum atomic E-state index is -0.763. The van der Waals surface area contributed by atoms with Crippen molar-refractivity contribution < 1.29 is 9.90 Å². The van der Waals surface area contributed by atoms with Crippen molar-refractivity contribution in [2.45, 2.75) is 26.3 Å². The van der Waals surface area contributed by atoms with Gasteiger partial charge in [-0.1, -0.05) is 29.8 Å². The number of nitrogens with zero attached hydrogens (tertiary/aromatic N) is 2. The van der Waals surface area contributed by atoms with Crippen molar-refractivity contribution in [1.29, 1.82) is 0 Å². The molecule has 0 aliphatic rings. The molecule has 0 unspecified atom stereocenters. The van der Waals surface area contributed by atoms with Crippen LogP contribution in [0.3, 0.4) is 0 Å². The first-order valence-electron chi connectivity index (χ1n) is 6.93. The van der Waals surface area contributed by atoms with Gasteiger partial charge >= 0.3 is 5.97 Å². The Balaban J connectivity index is 2.14. The van der Waals surface area contributed by atoms with E-state index in [-0.39, 0.29) is 6.42 Å². The summed E-state index contributed by atoms with van der Waals surface area (Å²) in [5.74, 6) is -0.763. The second-order valence-corrected chi connectivity index (χ2v) is 5.63. The molecule has 1 heterocycles. The maximum atomic E-state index is 10.5. The second-order valence-electron chi connectivity index (χ2n) is 5.25. The molecule has 5 heteroatoms. The Hall–Kier alpha value is -1.65. The van der Waals surface area contributed by atoms with E-state index in [4.69, 9.17) is 16.7 Å². The van der Waals surface area contributed by atoms with Crippen molar-refractivity contribution in [2.24, 2.45) is 0 Å². The molecule has 0 spiro atoms. The molecule has 2 aromatic rings. The smallest absolute Gasteiger partial charge is 0.303 e. The first kappa shape index (κ1) is 15.7. The van der Waals surface area contributed by atoms with E-state index < -0.39 is 5.97 Å². The van der Waals surface area contributed by atoms with Gasteiger partial charge in [0.2, 0.25) is 0 Å². The van der Waals surface area contributed by atoms with Crippen LogP contribution in [0.25, 0.3) is 10.9 Å². The zero-order chi connectivity index (χ0) is 15.4. The number of aromatic nitrogens is 1. The molecule has 0 saturated carbocycles. The van der Waals surface area contributed by atoms with Crippen molar-refractivity contribution in [3.05, 3.63) is 40.5 Å². The molecular weight excluding hydrogens is 288 g/mol. The van der Waals surface area contributed by atoms with E-state index in [1.165, 1.54) is 0 Å². The van der Waals surface area contributed by atoms with E-state index in [0.717, 1.165) is 22.2 Å². The highest BCUT2D eigenvalue weighted by Crippen LogP contribution is 2.27. The van der Waals surface area contributed by atoms with E-state index in [2.05, 4.69) is 4.98 Å². The average molecular weight is 307 g/mol. The lowest BCUT2D eigenvalue weighted by Gasteiger charge is -2.18. The summed E-state index contributed by atoms with van der Waals surface area (Å²) < 4.78 is 0. The van der Waals surface area contributed by atoms with Crippen LogP contribution in [0, 0.1) is 6.92 Å². The number of pyridine rings is 1. The van der Waals surface area contributed by atoms with Crippen LogP contribution < -0.4 is 0 Å². The summed E-state index contributed by atoms with van der Waals surface area (Å²) in [7, 11) is 1.95. The summed E-state index contributed by atoms with van der Waals surface area (Å²) in [6, 6.07) is 7.94. The van der Waals surface area contributed by atoms with Crippen molar-refractivity contribution in [1.82, 2.24) is 9.88 Å². The van der Waals surface area contributed by atoms with E-state index in [0.29, 0.717) is 24.5 Å². The number of aryl methyl sites for hydroxylation is 1. The Kier molecular flexibility index (Phi) is 5.15. The fourth-order valence-corrected chi connectivity index (χ4v) is 2.56. The van der Waals surface area contributed by atoms with Crippen molar-refractivity contribution in [2.75, 3.05) is 13.6 Å². The van der Waals surface area contributed by atoms with Crippen molar-refractivity contribution in [3.63, 3.8) is 0 Å². The third kappa shape index (κ3) is 3.93. The summed E-state index contributed by atoms with van der Waals surface area (Å²) >= 11 is 6.42. The Bertz CT molecular complexity index is 658. The molecule has 1 aromatic heterocycles. The van der Waals surface area contributed by atoms with Gasteiger partial charge in [-0.25, -0.2) is 4.98 Å². The van der Waals surface area contributed by atoms with Gasteiger partial charge in [-0.15, -0.1) is 0 Å². The maximum Gasteiger partial charge on any atom is 0.303 e. The number of hydrogen-bond acceptors (Lipinski definition) is 3. The molecule has 2 rings (SSSR count). The van der Waals surface area contributed by atoms with Crippen LogP contribution in [-0.4, -0.2) is 34.6 Å². The summed E-state index contributed by atoms with van der Waals surface area (Å²) in [6.45, 7) is 3.32. The van der Waals surface area contributed by atoms with E-state index in [9.17, 15) is 4.79 Å². The van der Waals surface area contributed by atoms with Crippen LogP contribution in [0.2, 0.25) is 5.02 Å². The maximum absolute atomic E-state index is 10.5. The standard InChI is InChI=1S/C16H19ClN2O2/c1-11-12-6-3-4-7-13(12)18-14(16(11)17)10-19(2)9-5-8-15(20)21/h3-4,6-7H,5,8-10H2,1-2H3,(H,20,21). The third-order valence-electron chi connectivity index (χ3n) is 3.50. The van der Waals surface area contributed by atoms with Gasteiger partial charge in [-0.05, 0) is 38.6 Å². The van der Waals surface area contributed by atoms with Gasteiger partial charge < -0.3 is 10.0 Å². The van der Waals surface area contributed by atoms with Crippen LogP contribution in [0.5, 0.6) is 0 Å². The van der Waals surface area contributed by atoms with Gasteiger partial charge in [0.25, 0.3) is 0 Å². The highest BCUT2D eigenvalue weighted by molar-refractivity contribution is 6.32. The summed E-state index contributed by atoms with van der Waals surface area (Å²) in [5.41, 5.74) is 2.82. The molecular formula is C16H19ClN2O2. The zero-order valence-electron chi connectivity index (χ0n) is 12.3. The Morgan fingerprint density at radius 3 is 2.81 bits per heavy atom. The largest absolute Gasteiger partial charge is 0.481 e. The quantitative estimate of drug-likeness (QED) is 0.887. The lowest BCUT2D eigenvalue weighted by molar-refractivity contribution is -0.137. The summed E-state index contributed by atoms with van der Waals surface area (Å²) in [4.78, 5) is 17.2. The topological polar surface area (TPSA) is 53.4 Å². The van der Waals surface area contributed by atoms with Crippen molar-refractivity contribution in [3.8, 4) is 0 Å². The summed E-state index contributed by atoms with van der Waals surface area (Å²) in [6.07, 6.45) is 0.804. The number of carboxylic acid groups (broad SMARTS) is 1. The molecule has 1 aromatic carbocycles. The van der Waals surface area contributed by atoms with Gasteiger partial charge in [-0.3, -0.25) is 4.79 Å². The number of fused-ring (bicyclic) bond motifs is 1. The van der Waals surface area contributed by atoms with E-state index >= 15 is 0 Å². The fraction of sp³-hybridized carbons (Fsp3) is 0.375. The second kappa shape index (κ2) is 6.87.